The van der Waals surface area contributed by atoms with E-state index in [1.54, 1.807) is 38.1 Å². The maximum Gasteiger partial charge on any atom is 0.325 e. The highest BCUT2D eigenvalue weighted by molar-refractivity contribution is 6.16. The Labute approximate surface area is 151 Å². The summed E-state index contributed by atoms with van der Waals surface area (Å²) in [6.07, 6.45) is 0.343. The summed E-state index contributed by atoms with van der Waals surface area (Å²) in [5.74, 6) is -7.54. The predicted octanol–water partition coefficient (Wildman–Crippen LogP) is 0.442. The van der Waals surface area contributed by atoms with Crippen molar-refractivity contribution in [1.29, 1.82) is 0 Å². The third-order valence-electron chi connectivity index (χ3n) is 3.78. The number of ketones is 1. The fraction of sp³-hybridized carbons (Fsp3) is 0.444. The van der Waals surface area contributed by atoms with Crippen LogP contribution < -0.4 is 11.1 Å². The predicted molar refractivity (Wildman–Crippen MR) is 93.3 cm³/mol. The molecule has 0 fully saturated rings. The molecule has 0 aliphatic rings. The van der Waals surface area contributed by atoms with Crippen molar-refractivity contribution in [2.75, 3.05) is 0 Å². The number of hydrogen-bond acceptors (Lipinski definition) is 5. The average molecular weight is 364 g/mol. The summed E-state index contributed by atoms with van der Waals surface area (Å²) in [6.45, 7) is 3.54. The number of nitrogens with two attached hydrogens (primary N) is 1. The smallest absolute Gasteiger partial charge is 0.325 e. The molecule has 5 N–H and O–H groups in total. The Balaban J connectivity index is 2.88. The van der Waals surface area contributed by atoms with Crippen LogP contribution in [0.5, 0.6) is 0 Å². The SMILES string of the molecule is CC(C)CC(NC(=O)C(N)Cc1ccccc1)C(=O)C(C(=O)O)C(=O)O. The first-order valence-electron chi connectivity index (χ1n) is 8.22. The number of benzene rings is 1. The zero-order chi connectivity index (χ0) is 19.9. The maximum atomic E-state index is 12.4. The molecule has 26 heavy (non-hydrogen) atoms. The van der Waals surface area contributed by atoms with Crippen LogP contribution in [0.2, 0.25) is 0 Å². The summed E-state index contributed by atoms with van der Waals surface area (Å²) in [5.41, 5.74) is 6.70. The molecule has 0 saturated carbocycles. The van der Waals surface area contributed by atoms with Crippen molar-refractivity contribution in [3.05, 3.63) is 35.9 Å². The summed E-state index contributed by atoms with van der Waals surface area (Å²) in [6, 6.07) is 6.84. The lowest BCUT2D eigenvalue weighted by molar-refractivity contribution is -0.158. The first-order valence-corrected chi connectivity index (χ1v) is 8.22. The van der Waals surface area contributed by atoms with Crippen LogP contribution in [0, 0.1) is 11.8 Å². The second-order valence-corrected chi connectivity index (χ2v) is 6.50. The van der Waals surface area contributed by atoms with Gasteiger partial charge in [-0.25, -0.2) is 0 Å². The lowest BCUT2D eigenvalue weighted by atomic mass is 9.91. The van der Waals surface area contributed by atoms with E-state index in [2.05, 4.69) is 5.32 Å². The Morgan fingerprint density at radius 1 is 1.04 bits per heavy atom. The Bertz CT molecular complexity index is 645. The van der Waals surface area contributed by atoms with E-state index in [4.69, 9.17) is 15.9 Å². The van der Waals surface area contributed by atoms with Crippen LogP contribution in [0.4, 0.5) is 0 Å². The first kappa shape index (κ1) is 21.3. The number of nitrogens with one attached hydrogen (secondary N) is 1. The summed E-state index contributed by atoms with van der Waals surface area (Å²) in [5, 5.41) is 20.4. The molecule has 0 spiro atoms. The van der Waals surface area contributed by atoms with Crippen molar-refractivity contribution in [2.45, 2.75) is 38.8 Å². The van der Waals surface area contributed by atoms with Gasteiger partial charge in [0.25, 0.3) is 0 Å². The zero-order valence-corrected chi connectivity index (χ0v) is 14.7. The molecule has 2 unspecified atom stereocenters. The number of carbonyl (C=O) groups is 4. The number of rotatable bonds is 10. The molecular weight excluding hydrogens is 340 g/mol. The number of aliphatic carboxylic acids is 2. The number of hydrogen-bond donors (Lipinski definition) is 4. The lowest BCUT2D eigenvalue weighted by Gasteiger charge is -2.23. The van der Waals surface area contributed by atoms with Crippen LogP contribution in [-0.2, 0) is 25.6 Å². The highest BCUT2D eigenvalue weighted by Crippen LogP contribution is 2.12. The first-order chi connectivity index (χ1) is 12.1. The average Bonchev–Trinajstić information content (AvgIpc) is 2.53. The van der Waals surface area contributed by atoms with E-state index >= 15 is 0 Å². The molecule has 0 bridgehead atoms. The van der Waals surface area contributed by atoms with Crippen LogP contribution in [0.15, 0.2) is 30.3 Å². The molecule has 1 amide bonds. The van der Waals surface area contributed by atoms with Gasteiger partial charge in [0.05, 0.1) is 12.1 Å². The van der Waals surface area contributed by atoms with Crippen molar-refractivity contribution in [3.8, 4) is 0 Å². The van der Waals surface area contributed by atoms with Gasteiger partial charge in [0.1, 0.15) is 0 Å². The van der Waals surface area contributed by atoms with Gasteiger partial charge in [-0.2, -0.15) is 0 Å². The van der Waals surface area contributed by atoms with E-state index < -0.39 is 41.6 Å². The third kappa shape index (κ3) is 6.29. The molecule has 0 aliphatic carbocycles. The zero-order valence-electron chi connectivity index (χ0n) is 14.7. The topological polar surface area (TPSA) is 147 Å². The Hall–Kier alpha value is -2.74. The monoisotopic (exact) mass is 364 g/mol. The number of amides is 1. The van der Waals surface area contributed by atoms with Gasteiger partial charge in [0.15, 0.2) is 5.78 Å². The van der Waals surface area contributed by atoms with E-state index in [-0.39, 0.29) is 18.8 Å². The van der Waals surface area contributed by atoms with Crippen molar-refractivity contribution >= 4 is 23.6 Å². The second kappa shape index (κ2) is 9.67. The van der Waals surface area contributed by atoms with Gasteiger partial charge in [0, 0.05) is 0 Å². The molecule has 142 valence electrons. The van der Waals surface area contributed by atoms with Gasteiger partial charge in [-0.1, -0.05) is 44.2 Å². The minimum absolute atomic E-state index is 0.0714. The molecule has 1 rings (SSSR count). The van der Waals surface area contributed by atoms with Crippen LogP contribution >= 0.6 is 0 Å². The van der Waals surface area contributed by atoms with Crippen LogP contribution in [0.25, 0.3) is 0 Å². The van der Waals surface area contributed by atoms with Crippen LogP contribution in [-0.4, -0.2) is 45.9 Å². The second-order valence-electron chi connectivity index (χ2n) is 6.50. The molecule has 0 aromatic heterocycles. The van der Waals surface area contributed by atoms with Crippen molar-refractivity contribution in [3.63, 3.8) is 0 Å². The molecule has 0 aliphatic heterocycles. The third-order valence-corrected chi connectivity index (χ3v) is 3.78. The minimum atomic E-state index is -2.23. The van der Waals surface area contributed by atoms with E-state index in [1.807, 2.05) is 6.07 Å². The lowest BCUT2D eigenvalue weighted by Crippen LogP contribution is -2.52. The van der Waals surface area contributed by atoms with E-state index in [9.17, 15) is 19.2 Å². The van der Waals surface area contributed by atoms with Gasteiger partial charge in [0.2, 0.25) is 11.8 Å². The number of carboxylic acid groups (broad SMARTS) is 2. The molecule has 0 radical (unpaired) electrons. The van der Waals surface area contributed by atoms with Gasteiger partial charge in [-0.3, -0.25) is 19.2 Å². The number of carbonyl (C=O) groups excluding carboxylic acids is 2. The molecule has 8 nitrogen and oxygen atoms in total. The van der Waals surface area contributed by atoms with Crippen molar-refractivity contribution < 1.29 is 29.4 Å². The minimum Gasteiger partial charge on any atom is -0.480 e. The molecular formula is C18H24N2O6. The summed E-state index contributed by atoms with van der Waals surface area (Å²) < 4.78 is 0. The van der Waals surface area contributed by atoms with Gasteiger partial charge in [-0.15, -0.1) is 0 Å². The van der Waals surface area contributed by atoms with Gasteiger partial charge < -0.3 is 21.3 Å². The summed E-state index contributed by atoms with van der Waals surface area (Å²) >= 11 is 0. The normalized spacial score (nSPS) is 13.3. The highest BCUT2D eigenvalue weighted by Gasteiger charge is 2.39. The van der Waals surface area contributed by atoms with E-state index in [0.29, 0.717) is 0 Å². The van der Waals surface area contributed by atoms with E-state index in [0.717, 1.165) is 5.56 Å². The van der Waals surface area contributed by atoms with Gasteiger partial charge in [-0.05, 0) is 24.3 Å². The standard InChI is InChI=1S/C18H24N2O6/c1-10(2)8-13(15(21)14(17(23)24)18(25)26)20-16(22)12(19)9-11-6-4-3-5-7-11/h3-7,10,12-14H,8-9,19H2,1-2H3,(H,20,22)(H,23,24)(H,25,26). The Morgan fingerprint density at radius 3 is 2.04 bits per heavy atom. The fourth-order valence-corrected chi connectivity index (χ4v) is 2.51. The molecule has 0 saturated heterocycles. The quantitative estimate of drug-likeness (QED) is 0.440. The molecule has 2 atom stereocenters. The number of carboxylic acids is 2. The van der Waals surface area contributed by atoms with Gasteiger partial charge >= 0.3 is 11.9 Å². The van der Waals surface area contributed by atoms with Crippen LogP contribution in [0.1, 0.15) is 25.8 Å². The molecule has 8 heteroatoms. The number of Topliss-reactive ketones (excluding diaryl/α,β-unsaturated/α-hetero) is 1. The highest BCUT2D eigenvalue weighted by atomic mass is 16.4. The summed E-state index contributed by atoms with van der Waals surface area (Å²) in [4.78, 5) is 46.9. The fourth-order valence-electron chi connectivity index (χ4n) is 2.51. The molecule has 1 aromatic carbocycles. The maximum absolute atomic E-state index is 12.4. The Kier molecular flexibility index (Phi) is 7.92. The largest absolute Gasteiger partial charge is 0.480 e. The Morgan fingerprint density at radius 2 is 1.58 bits per heavy atom. The van der Waals surface area contributed by atoms with Crippen molar-refractivity contribution in [2.24, 2.45) is 17.6 Å². The molecule has 0 heterocycles. The van der Waals surface area contributed by atoms with Crippen molar-refractivity contribution in [1.82, 2.24) is 5.32 Å². The molecule has 1 aromatic rings. The summed E-state index contributed by atoms with van der Waals surface area (Å²) in [7, 11) is 0. The van der Waals surface area contributed by atoms with E-state index in [1.165, 1.54) is 0 Å². The van der Waals surface area contributed by atoms with Crippen LogP contribution in [0.3, 0.4) is 0 Å².